The van der Waals surface area contributed by atoms with Crippen molar-refractivity contribution in [2.45, 2.75) is 219 Å². The molecule has 0 fully saturated rings. The highest BCUT2D eigenvalue weighted by atomic mass is 31.2. The first kappa shape index (κ1) is 61.2. The number of carbonyl (C=O) groups is 2. The van der Waals surface area contributed by atoms with Gasteiger partial charge in [0.15, 0.2) is 0 Å². The van der Waals surface area contributed by atoms with Gasteiger partial charge >= 0.3 is 13.8 Å². The first-order valence-corrected chi connectivity index (χ1v) is 27.1. The molecule has 0 rings (SSSR count). The predicted octanol–water partition coefficient (Wildman–Crippen LogP) is 15.2. The number of phosphoric acid groups is 1. The van der Waals surface area contributed by atoms with E-state index < -0.39 is 26.5 Å². The maximum absolute atomic E-state index is 12.1. The number of allylic oxidation sites excluding steroid dienone is 13. The minimum absolute atomic E-state index is 0.0448. The lowest BCUT2D eigenvalue weighted by Gasteiger charge is -2.15. The second-order valence-electron chi connectivity index (χ2n) is 16.8. The fourth-order valence-electron chi connectivity index (χ4n) is 6.82. The topological polar surface area (TPSA) is 131 Å². The number of carbonyl (C=O) groups excluding carboxylic acids is 2. The summed E-state index contributed by atoms with van der Waals surface area (Å²) in [4.78, 5) is 34.0. The monoisotopic (exact) mass is 916 g/mol. The van der Waals surface area contributed by atoms with Gasteiger partial charge in [-0.1, -0.05) is 234 Å². The van der Waals surface area contributed by atoms with Crippen LogP contribution < -0.4 is 5.32 Å². The molecule has 3 N–H and O–H groups in total. The first-order chi connectivity index (χ1) is 31.3. The lowest BCUT2D eigenvalue weighted by atomic mass is 10.0. The zero-order valence-corrected chi connectivity index (χ0v) is 41.6. The summed E-state index contributed by atoms with van der Waals surface area (Å²) < 4.78 is 26.9. The van der Waals surface area contributed by atoms with Gasteiger partial charge in [-0.2, -0.15) is 0 Å². The van der Waals surface area contributed by atoms with Crippen molar-refractivity contribution in [2.75, 3.05) is 26.4 Å². The third kappa shape index (κ3) is 50.2. The molecule has 0 saturated heterocycles. The number of unbranched alkanes of at least 4 members (excludes halogenated alkanes) is 21. The van der Waals surface area contributed by atoms with E-state index in [9.17, 15) is 24.2 Å². The van der Waals surface area contributed by atoms with Crippen LogP contribution in [0.1, 0.15) is 213 Å². The molecular weight excluding hydrogens is 822 g/mol. The zero-order valence-electron chi connectivity index (χ0n) is 40.7. The summed E-state index contributed by atoms with van der Waals surface area (Å²) in [7, 11) is -4.45. The number of amides is 1. The highest BCUT2D eigenvalue weighted by Gasteiger charge is 2.23. The standard InChI is InChI=1S/C54H94NO8P/c1-3-5-7-9-11-13-15-17-19-21-23-25-27-28-30-32-34-36-38-40-42-44-46-53(57)55-48-49-62-64(59,60)63-51-52(56)50-61-54(58)47-45-43-41-39-37-35-33-31-29-26-24-22-20-18-16-14-12-10-8-6-4-2/h6,8,12,14,18,20,24,26,31,33,37,39,43,45,52,56H,3-5,7,9-11,13,15-17,19,21-23,25,27-30,32,34-36,38,40-42,44,46-51H2,1-2H3,(H,55,57)(H,59,60)/b8-6-,14-12-,20-18-,26-24-,33-31-,39-37-,45-43-. The van der Waals surface area contributed by atoms with E-state index in [1.54, 1.807) is 6.08 Å². The Balaban J connectivity index is 3.66. The molecule has 0 saturated carbocycles. The maximum Gasteiger partial charge on any atom is 0.472 e. The van der Waals surface area contributed by atoms with Crippen LogP contribution in [-0.2, 0) is 27.9 Å². The molecule has 0 radical (unpaired) electrons. The molecule has 2 unspecified atom stereocenters. The lowest BCUT2D eigenvalue weighted by molar-refractivity contribution is -0.146. The van der Waals surface area contributed by atoms with E-state index in [0.717, 1.165) is 57.8 Å². The molecule has 368 valence electrons. The highest BCUT2D eigenvalue weighted by molar-refractivity contribution is 7.47. The largest absolute Gasteiger partial charge is 0.472 e. The van der Waals surface area contributed by atoms with Crippen LogP contribution in [0.5, 0.6) is 0 Å². The van der Waals surface area contributed by atoms with Crippen LogP contribution in [0.4, 0.5) is 0 Å². The van der Waals surface area contributed by atoms with Crippen molar-refractivity contribution in [3.05, 3.63) is 85.1 Å². The Morgan fingerprint density at radius 1 is 0.500 bits per heavy atom. The predicted molar refractivity (Wildman–Crippen MR) is 270 cm³/mol. The number of rotatable bonds is 47. The van der Waals surface area contributed by atoms with Gasteiger partial charge in [0.2, 0.25) is 5.91 Å². The van der Waals surface area contributed by atoms with Crippen LogP contribution in [0.15, 0.2) is 85.1 Å². The van der Waals surface area contributed by atoms with Gasteiger partial charge in [0.05, 0.1) is 19.6 Å². The van der Waals surface area contributed by atoms with Crippen LogP contribution in [0.3, 0.4) is 0 Å². The number of hydrogen-bond acceptors (Lipinski definition) is 7. The van der Waals surface area contributed by atoms with Crippen molar-refractivity contribution in [1.82, 2.24) is 5.32 Å². The third-order valence-electron chi connectivity index (χ3n) is 10.6. The molecule has 10 heteroatoms. The molecule has 0 heterocycles. The van der Waals surface area contributed by atoms with Gasteiger partial charge in [-0.3, -0.25) is 18.6 Å². The van der Waals surface area contributed by atoms with Gasteiger partial charge < -0.3 is 20.1 Å². The summed E-state index contributed by atoms with van der Waals surface area (Å²) in [6, 6.07) is 0. The Morgan fingerprint density at radius 2 is 0.859 bits per heavy atom. The second kappa shape index (κ2) is 49.6. The summed E-state index contributed by atoms with van der Waals surface area (Å²) in [5.41, 5.74) is 0. The minimum atomic E-state index is -4.45. The number of aliphatic hydroxyl groups is 1. The van der Waals surface area contributed by atoms with E-state index in [1.165, 1.54) is 122 Å². The SMILES string of the molecule is CC/C=C\C/C=C\C/C=C\C/C=C\C/C=C\C/C=C\C/C=C\CC(=O)OCC(O)COP(=O)(O)OCCNC(=O)CCCCCCCCCCCCCCCCCCCCCCCC. The molecule has 0 aliphatic rings. The average molecular weight is 916 g/mol. The minimum Gasteiger partial charge on any atom is -0.463 e. The van der Waals surface area contributed by atoms with Crippen molar-refractivity contribution in [1.29, 1.82) is 0 Å². The number of esters is 1. The van der Waals surface area contributed by atoms with Crippen LogP contribution in [0, 0.1) is 0 Å². The summed E-state index contributed by atoms with van der Waals surface area (Å²) in [5.74, 6) is -0.649. The van der Waals surface area contributed by atoms with Crippen molar-refractivity contribution < 1.29 is 37.9 Å². The maximum atomic E-state index is 12.1. The summed E-state index contributed by atoms with van der Waals surface area (Å²) in [6.45, 7) is 3.35. The Kier molecular flexibility index (Phi) is 47.4. The molecule has 1 amide bonds. The smallest absolute Gasteiger partial charge is 0.463 e. The molecule has 0 spiro atoms. The van der Waals surface area contributed by atoms with E-state index in [2.05, 4.69) is 86.0 Å². The van der Waals surface area contributed by atoms with E-state index >= 15 is 0 Å². The number of hydrogen-bond donors (Lipinski definition) is 3. The van der Waals surface area contributed by atoms with Crippen LogP contribution in [0.2, 0.25) is 0 Å². The number of phosphoric ester groups is 1. The van der Waals surface area contributed by atoms with Crippen LogP contribution >= 0.6 is 7.82 Å². The van der Waals surface area contributed by atoms with E-state index in [-0.39, 0.29) is 32.1 Å². The van der Waals surface area contributed by atoms with E-state index in [1.807, 2.05) is 12.2 Å². The van der Waals surface area contributed by atoms with Crippen molar-refractivity contribution in [2.24, 2.45) is 0 Å². The fraction of sp³-hybridized carbons (Fsp3) is 0.704. The molecule has 0 aromatic heterocycles. The lowest BCUT2D eigenvalue weighted by Crippen LogP contribution is -2.27. The number of ether oxygens (including phenoxy) is 1. The summed E-state index contributed by atoms with van der Waals surface area (Å²) >= 11 is 0. The second-order valence-corrected chi connectivity index (χ2v) is 18.2. The molecule has 0 aliphatic heterocycles. The Hall–Kier alpha value is -2.81. The van der Waals surface area contributed by atoms with Crippen LogP contribution in [0.25, 0.3) is 0 Å². The molecule has 0 bridgehead atoms. The number of nitrogens with one attached hydrogen (secondary N) is 1. The zero-order chi connectivity index (χ0) is 46.7. The van der Waals surface area contributed by atoms with Gasteiger partial charge in [0.25, 0.3) is 0 Å². The van der Waals surface area contributed by atoms with Gasteiger partial charge in [-0.25, -0.2) is 4.57 Å². The molecule has 0 aromatic rings. The highest BCUT2D eigenvalue weighted by Crippen LogP contribution is 2.42. The van der Waals surface area contributed by atoms with E-state index in [4.69, 9.17) is 13.8 Å². The Labute approximate surface area is 392 Å². The normalized spacial score (nSPS) is 13.9. The van der Waals surface area contributed by atoms with Gasteiger partial charge in [0, 0.05) is 13.0 Å². The quantitative estimate of drug-likeness (QED) is 0.0238. The van der Waals surface area contributed by atoms with Gasteiger partial charge in [0.1, 0.15) is 12.7 Å². The van der Waals surface area contributed by atoms with Crippen molar-refractivity contribution in [3.63, 3.8) is 0 Å². The summed E-state index contributed by atoms with van der Waals surface area (Å²) in [5, 5.41) is 12.7. The Bertz CT molecular complexity index is 1320. The summed E-state index contributed by atoms with van der Waals surface area (Å²) in [6.07, 6.45) is 64.1. The number of aliphatic hydroxyl groups excluding tert-OH is 1. The molecule has 0 aromatic carbocycles. The molecule has 9 nitrogen and oxygen atoms in total. The van der Waals surface area contributed by atoms with Gasteiger partial charge in [-0.05, 0) is 51.4 Å². The van der Waals surface area contributed by atoms with Crippen molar-refractivity contribution in [3.8, 4) is 0 Å². The fourth-order valence-corrected chi connectivity index (χ4v) is 7.58. The molecule has 0 aliphatic carbocycles. The van der Waals surface area contributed by atoms with E-state index in [0.29, 0.717) is 12.8 Å². The Morgan fingerprint density at radius 3 is 1.25 bits per heavy atom. The van der Waals surface area contributed by atoms with Crippen LogP contribution in [-0.4, -0.2) is 54.3 Å². The molecule has 2 atom stereocenters. The molecule has 64 heavy (non-hydrogen) atoms. The first-order valence-electron chi connectivity index (χ1n) is 25.6. The van der Waals surface area contributed by atoms with Crippen molar-refractivity contribution >= 4 is 19.7 Å². The van der Waals surface area contributed by atoms with Gasteiger partial charge in [-0.15, -0.1) is 0 Å². The third-order valence-corrected chi connectivity index (χ3v) is 11.6. The average Bonchev–Trinajstić information content (AvgIpc) is 3.28. The molecular formula is C54H94NO8P.